The summed E-state index contributed by atoms with van der Waals surface area (Å²) in [5.74, 6) is 1.22. The highest BCUT2D eigenvalue weighted by atomic mass is 16.5. The zero-order chi connectivity index (χ0) is 33.5. The molecule has 2 aliphatic heterocycles. The number of carbonyl (C=O) groups is 2. The lowest BCUT2D eigenvalue weighted by molar-refractivity contribution is 0.0212. The first-order valence-corrected chi connectivity index (χ1v) is 17.2. The molecule has 252 valence electrons. The summed E-state index contributed by atoms with van der Waals surface area (Å²) in [4.78, 5) is 29.3. The number of likely N-dealkylation sites (tertiary alicyclic amines) is 1. The van der Waals surface area contributed by atoms with Crippen molar-refractivity contribution in [3.05, 3.63) is 102 Å². The number of anilines is 1. The summed E-state index contributed by atoms with van der Waals surface area (Å²) in [5.41, 5.74) is 5.04. The number of hydrogen-bond acceptors (Lipinski definition) is 6. The monoisotopic (exact) mass is 649 g/mol. The highest BCUT2D eigenvalue weighted by Gasteiger charge is 2.37. The first-order chi connectivity index (χ1) is 23.4. The zero-order valence-electron chi connectivity index (χ0n) is 28.2. The van der Waals surface area contributed by atoms with Crippen LogP contribution in [0.15, 0.2) is 84.9 Å². The van der Waals surface area contributed by atoms with E-state index in [1.807, 2.05) is 91.9 Å². The Morgan fingerprint density at radius 2 is 1.65 bits per heavy atom. The average Bonchev–Trinajstić information content (AvgIpc) is 3.68. The van der Waals surface area contributed by atoms with Gasteiger partial charge in [-0.25, -0.2) is 9.48 Å². The van der Waals surface area contributed by atoms with Gasteiger partial charge < -0.3 is 19.7 Å². The summed E-state index contributed by atoms with van der Waals surface area (Å²) in [5, 5.41) is 11.3. The van der Waals surface area contributed by atoms with Crippen LogP contribution in [-0.4, -0.2) is 72.0 Å². The molecule has 2 fully saturated rings. The fourth-order valence-electron chi connectivity index (χ4n) is 6.97. The van der Waals surface area contributed by atoms with Gasteiger partial charge in [0.05, 0.1) is 23.5 Å². The first-order valence-electron chi connectivity index (χ1n) is 17.2. The minimum atomic E-state index is -0.325. The SMILES string of the molecule is CCN1CCC(CC(=O)c2ccc(-c3nn(-c4ccccc4)c(NC(=O)N[C@@H]4CC(CCOC)O[C@H]4c4ccccc4)c3C)cc2)CC1. The van der Waals surface area contributed by atoms with Crippen molar-refractivity contribution >= 4 is 17.6 Å². The number of ketones is 1. The quantitative estimate of drug-likeness (QED) is 0.158. The molecule has 0 radical (unpaired) electrons. The highest BCUT2D eigenvalue weighted by Crippen LogP contribution is 2.35. The Balaban J connectivity index is 1.20. The fourth-order valence-corrected chi connectivity index (χ4v) is 6.97. The number of carbonyl (C=O) groups excluding carboxylic acids is 2. The van der Waals surface area contributed by atoms with Crippen LogP contribution in [0.5, 0.6) is 0 Å². The van der Waals surface area contributed by atoms with Crippen molar-refractivity contribution in [2.45, 2.75) is 64.2 Å². The Morgan fingerprint density at radius 1 is 0.958 bits per heavy atom. The highest BCUT2D eigenvalue weighted by molar-refractivity contribution is 5.97. The number of amides is 2. The van der Waals surface area contributed by atoms with Crippen molar-refractivity contribution in [2.24, 2.45) is 5.92 Å². The van der Waals surface area contributed by atoms with Crippen LogP contribution < -0.4 is 10.6 Å². The van der Waals surface area contributed by atoms with Crippen LogP contribution in [-0.2, 0) is 9.47 Å². The summed E-state index contributed by atoms with van der Waals surface area (Å²) in [6.07, 6.45) is 3.89. The molecule has 2 amide bonds. The Kier molecular flexibility index (Phi) is 11.0. The number of ether oxygens (including phenoxy) is 2. The number of para-hydroxylation sites is 1. The van der Waals surface area contributed by atoms with E-state index in [2.05, 4.69) is 22.5 Å². The van der Waals surface area contributed by atoms with Crippen molar-refractivity contribution in [1.29, 1.82) is 0 Å². The third-order valence-electron chi connectivity index (χ3n) is 9.77. The molecule has 3 atom stereocenters. The number of Topliss-reactive ketones (excluding diaryl/α,β-unsaturated/α-hetero) is 1. The topological polar surface area (TPSA) is 97.7 Å². The van der Waals surface area contributed by atoms with Gasteiger partial charge in [0.1, 0.15) is 11.9 Å². The van der Waals surface area contributed by atoms with E-state index in [0.29, 0.717) is 31.2 Å². The molecule has 0 bridgehead atoms. The molecule has 0 aliphatic carbocycles. The molecule has 4 aromatic rings. The number of hydrogen-bond donors (Lipinski definition) is 2. The summed E-state index contributed by atoms with van der Waals surface area (Å²) in [6.45, 7) is 7.97. The molecule has 9 nitrogen and oxygen atoms in total. The van der Waals surface area contributed by atoms with Crippen LogP contribution in [0, 0.1) is 12.8 Å². The molecule has 9 heteroatoms. The number of benzene rings is 3. The lowest BCUT2D eigenvalue weighted by atomic mass is 9.89. The Labute approximate surface area is 283 Å². The maximum Gasteiger partial charge on any atom is 0.320 e. The number of methoxy groups -OCH3 is 1. The Bertz CT molecular complexity index is 1650. The Hall–Kier alpha value is -4.31. The molecule has 0 saturated carbocycles. The van der Waals surface area contributed by atoms with E-state index >= 15 is 0 Å². The molecule has 48 heavy (non-hydrogen) atoms. The fraction of sp³-hybridized carbons (Fsp3) is 0.410. The molecule has 1 aromatic heterocycles. The van der Waals surface area contributed by atoms with Crippen molar-refractivity contribution in [3.8, 4) is 16.9 Å². The number of nitrogens with one attached hydrogen (secondary N) is 2. The van der Waals surface area contributed by atoms with Gasteiger partial charge in [-0.1, -0.05) is 79.7 Å². The normalized spacial score (nSPS) is 20.1. The van der Waals surface area contributed by atoms with Gasteiger partial charge in [0.25, 0.3) is 0 Å². The summed E-state index contributed by atoms with van der Waals surface area (Å²) in [7, 11) is 1.69. The second-order valence-electron chi connectivity index (χ2n) is 13.0. The number of aromatic nitrogens is 2. The van der Waals surface area contributed by atoms with Crippen LogP contribution in [0.25, 0.3) is 16.9 Å². The predicted molar refractivity (Wildman–Crippen MR) is 189 cm³/mol. The van der Waals surface area contributed by atoms with Crippen molar-refractivity contribution in [1.82, 2.24) is 20.0 Å². The van der Waals surface area contributed by atoms with Gasteiger partial charge in [0.15, 0.2) is 5.78 Å². The van der Waals surface area contributed by atoms with E-state index in [1.165, 1.54) is 0 Å². The predicted octanol–water partition coefficient (Wildman–Crippen LogP) is 7.21. The van der Waals surface area contributed by atoms with Crippen LogP contribution in [0.1, 0.15) is 66.6 Å². The second-order valence-corrected chi connectivity index (χ2v) is 13.0. The lowest BCUT2D eigenvalue weighted by Crippen LogP contribution is -2.40. The number of rotatable bonds is 12. The largest absolute Gasteiger partial charge is 0.385 e. The van der Waals surface area contributed by atoms with Crippen molar-refractivity contribution < 1.29 is 19.1 Å². The summed E-state index contributed by atoms with van der Waals surface area (Å²) in [6, 6.07) is 27.0. The molecule has 2 N–H and O–H groups in total. The third kappa shape index (κ3) is 7.86. The minimum Gasteiger partial charge on any atom is -0.385 e. The molecule has 1 unspecified atom stereocenters. The van der Waals surface area contributed by atoms with Gasteiger partial charge in [-0.2, -0.15) is 5.10 Å². The van der Waals surface area contributed by atoms with Crippen LogP contribution in [0.2, 0.25) is 0 Å². The molecule has 2 saturated heterocycles. The third-order valence-corrected chi connectivity index (χ3v) is 9.77. The van der Waals surface area contributed by atoms with Crippen LogP contribution in [0.4, 0.5) is 10.6 Å². The molecule has 3 heterocycles. The molecule has 6 rings (SSSR count). The van der Waals surface area contributed by atoms with Gasteiger partial charge in [-0.15, -0.1) is 0 Å². The van der Waals surface area contributed by atoms with E-state index in [0.717, 1.165) is 72.5 Å². The van der Waals surface area contributed by atoms with Gasteiger partial charge in [0, 0.05) is 36.8 Å². The number of urea groups is 1. The zero-order valence-corrected chi connectivity index (χ0v) is 28.2. The second kappa shape index (κ2) is 15.7. The maximum atomic E-state index is 13.7. The maximum absolute atomic E-state index is 13.7. The van der Waals surface area contributed by atoms with E-state index in [4.69, 9.17) is 14.6 Å². The van der Waals surface area contributed by atoms with Gasteiger partial charge in [-0.05, 0) is 75.9 Å². The van der Waals surface area contributed by atoms with E-state index in [1.54, 1.807) is 11.8 Å². The van der Waals surface area contributed by atoms with Crippen LogP contribution >= 0.6 is 0 Å². The summed E-state index contributed by atoms with van der Waals surface area (Å²) < 4.78 is 13.5. The van der Waals surface area contributed by atoms with Crippen molar-refractivity contribution in [2.75, 3.05) is 38.7 Å². The molecule has 0 spiro atoms. The Morgan fingerprint density at radius 3 is 2.31 bits per heavy atom. The number of piperidine rings is 1. The first kappa shape index (κ1) is 33.6. The summed E-state index contributed by atoms with van der Waals surface area (Å²) >= 11 is 0. The number of nitrogens with zero attached hydrogens (tertiary/aromatic N) is 3. The molecule has 3 aromatic carbocycles. The van der Waals surface area contributed by atoms with E-state index < -0.39 is 0 Å². The smallest absolute Gasteiger partial charge is 0.320 e. The average molecular weight is 650 g/mol. The van der Waals surface area contributed by atoms with Crippen molar-refractivity contribution in [3.63, 3.8) is 0 Å². The van der Waals surface area contributed by atoms with Gasteiger partial charge in [-0.3, -0.25) is 10.1 Å². The van der Waals surface area contributed by atoms with E-state index in [9.17, 15) is 9.59 Å². The standard InChI is InChI=1S/C39H47N5O4/c1-4-43-22-19-28(20-23-43)25-35(45)29-15-17-30(18-16-29)36-27(2)38(44(42-36)32-13-9-6-10-14-32)41-39(46)40-34-26-33(21-24-47-3)48-37(34)31-11-7-5-8-12-31/h5-18,28,33-34,37H,4,19-26H2,1-3H3,(H2,40,41,46)/t33?,34-,37+/m1/s1. The van der Waals surface area contributed by atoms with E-state index in [-0.39, 0.29) is 30.1 Å². The van der Waals surface area contributed by atoms with Gasteiger partial charge in [0.2, 0.25) is 0 Å². The molecular weight excluding hydrogens is 602 g/mol. The molecule has 2 aliphatic rings. The minimum absolute atomic E-state index is 0.0208. The molecular formula is C39H47N5O4. The lowest BCUT2D eigenvalue weighted by Gasteiger charge is -2.30. The van der Waals surface area contributed by atoms with Gasteiger partial charge >= 0.3 is 6.03 Å². The van der Waals surface area contributed by atoms with Crippen LogP contribution in [0.3, 0.4) is 0 Å².